The third-order valence-corrected chi connectivity index (χ3v) is 6.09. The van der Waals surface area contributed by atoms with Crippen LogP contribution in [0, 0.1) is 0 Å². The number of anilines is 1. The number of halogens is 6. The predicted octanol–water partition coefficient (Wildman–Crippen LogP) is 8.01. The molecule has 0 aliphatic carbocycles. The van der Waals surface area contributed by atoms with Gasteiger partial charge in [0.15, 0.2) is 0 Å². The van der Waals surface area contributed by atoms with Crippen LogP contribution in [-0.4, -0.2) is 20.9 Å². The molecule has 0 amide bonds. The molecule has 3 aromatic carbocycles. The Bertz CT molecular complexity index is 1440. The first-order valence-corrected chi connectivity index (χ1v) is 11.8. The molecule has 0 spiro atoms. The van der Waals surface area contributed by atoms with E-state index >= 15 is 0 Å². The summed E-state index contributed by atoms with van der Waals surface area (Å²) >= 11 is 0. The largest absolute Gasteiger partial charge is 0.478 e. The van der Waals surface area contributed by atoms with Crippen molar-refractivity contribution in [1.29, 1.82) is 0 Å². The van der Waals surface area contributed by atoms with Crippen LogP contribution in [0.1, 0.15) is 52.4 Å². The predicted molar refractivity (Wildman–Crippen MR) is 134 cm³/mol. The summed E-state index contributed by atoms with van der Waals surface area (Å²) in [6.07, 6.45) is -8.54. The SMILES string of the molecule is CC(C)c1ccc(NCc2cn(-c3ccc(C(=O)O)cc3)nc2-c2cc(C(F)(F)F)cc(C(F)(F)F)c2)cc1. The fourth-order valence-corrected chi connectivity index (χ4v) is 3.95. The normalized spacial score (nSPS) is 12.1. The summed E-state index contributed by atoms with van der Waals surface area (Å²) in [7, 11) is 0. The minimum absolute atomic E-state index is 0.00515. The summed E-state index contributed by atoms with van der Waals surface area (Å²) in [6, 6.07) is 14.4. The highest BCUT2D eigenvalue weighted by Crippen LogP contribution is 2.39. The van der Waals surface area contributed by atoms with Gasteiger partial charge in [-0.1, -0.05) is 26.0 Å². The van der Waals surface area contributed by atoms with Gasteiger partial charge in [-0.15, -0.1) is 0 Å². The lowest BCUT2D eigenvalue weighted by Gasteiger charge is -2.14. The smallest absolute Gasteiger partial charge is 0.416 e. The molecule has 0 saturated heterocycles. The van der Waals surface area contributed by atoms with Gasteiger partial charge in [-0.3, -0.25) is 0 Å². The lowest BCUT2D eigenvalue weighted by Crippen LogP contribution is -2.11. The summed E-state index contributed by atoms with van der Waals surface area (Å²) in [6.45, 7) is 4.12. The molecule has 0 saturated carbocycles. The van der Waals surface area contributed by atoms with Crippen LogP contribution in [0.4, 0.5) is 32.0 Å². The maximum atomic E-state index is 13.5. The first kappa shape index (κ1) is 27.7. The highest BCUT2D eigenvalue weighted by atomic mass is 19.4. The Morgan fingerprint density at radius 1 is 0.897 bits per heavy atom. The summed E-state index contributed by atoms with van der Waals surface area (Å²) in [5, 5.41) is 16.6. The van der Waals surface area contributed by atoms with Crippen molar-refractivity contribution >= 4 is 11.7 Å². The van der Waals surface area contributed by atoms with Crippen LogP contribution < -0.4 is 5.32 Å². The van der Waals surface area contributed by atoms with E-state index < -0.39 is 29.4 Å². The zero-order valence-corrected chi connectivity index (χ0v) is 20.7. The average Bonchev–Trinajstić information content (AvgIpc) is 3.31. The Hall–Kier alpha value is -4.28. The zero-order valence-electron chi connectivity index (χ0n) is 20.7. The van der Waals surface area contributed by atoms with Crippen molar-refractivity contribution in [3.63, 3.8) is 0 Å². The van der Waals surface area contributed by atoms with Crippen molar-refractivity contribution in [3.8, 4) is 16.9 Å². The number of carbonyl (C=O) groups is 1. The second-order valence-corrected chi connectivity index (χ2v) is 9.22. The molecule has 0 unspecified atom stereocenters. The van der Waals surface area contributed by atoms with Crippen molar-refractivity contribution in [3.05, 3.63) is 101 Å². The molecule has 0 atom stereocenters. The molecular formula is C28H23F6N3O2. The molecule has 11 heteroatoms. The van der Waals surface area contributed by atoms with Crippen LogP contribution in [0.5, 0.6) is 0 Å². The Morgan fingerprint density at radius 2 is 1.46 bits per heavy atom. The minimum Gasteiger partial charge on any atom is -0.478 e. The molecule has 204 valence electrons. The lowest BCUT2D eigenvalue weighted by atomic mass is 10.0. The zero-order chi connectivity index (χ0) is 28.5. The van der Waals surface area contributed by atoms with E-state index in [0.29, 0.717) is 35.0 Å². The number of nitrogens with zero attached hydrogens (tertiary/aromatic N) is 2. The molecule has 39 heavy (non-hydrogen) atoms. The molecule has 2 N–H and O–H groups in total. The van der Waals surface area contributed by atoms with Crippen LogP contribution in [0.3, 0.4) is 0 Å². The van der Waals surface area contributed by atoms with Gasteiger partial charge in [-0.25, -0.2) is 9.48 Å². The Balaban J connectivity index is 1.80. The summed E-state index contributed by atoms with van der Waals surface area (Å²) in [5.74, 6) is -0.847. The second kappa shape index (κ2) is 10.5. The monoisotopic (exact) mass is 547 g/mol. The number of hydrogen-bond donors (Lipinski definition) is 2. The number of aromatic carboxylic acids is 1. The van der Waals surface area contributed by atoms with Gasteiger partial charge in [0.1, 0.15) is 0 Å². The average molecular weight is 547 g/mol. The van der Waals surface area contributed by atoms with Crippen LogP contribution in [-0.2, 0) is 18.9 Å². The van der Waals surface area contributed by atoms with Crippen molar-refractivity contribution in [2.45, 2.75) is 38.7 Å². The van der Waals surface area contributed by atoms with E-state index in [1.807, 2.05) is 38.1 Å². The topological polar surface area (TPSA) is 67.2 Å². The van der Waals surface area contributed by atoms with Crippen molar-refractivity contribution in [2.24, 2.45) is 0 Å². The molecule has 4 aromatic rings. The number of carboxylic acid groups (broad SMARTS) is 1. The van der Waals surface area contributed by atoms with Gasteiger partial charge >= 0.3 is 18.3 Å². The summed E-state index contributed by atoms with van der Waals surface area (Å²) in [5.41, 5.74) is -0.830. The van der Waals surface area contributed by atoms with E-state index in [1.54, 1.807) is 0 Å². The maximum absolute atomic E-state index is 13.5. The summed E-state index contributed by atoms with van der Waals surface area (Å²) < 4.78 is 82.5. The quantitative estimate of drug-likeness (QED) is 0.230. The summed E-state index contributed by atoms with van der Waals surface area (Å²) in [4.78, 5) is 11.2. The number of rotatable bonds is 7. The number of benzene rings is 3. The van der Waals surface area contributed by atoms with Gasteiger partial charge in [0.25, 0.3) is 0 Å². The van der Waals surface area contributed by atoms with E-state index in [-0.39, 0.29) is 29.4 Å². The first-order valence-electron chi connectivity index (χ1n) is 11.8. The van der Waals surface area contributed by atoms with Gasteiger partial charge in [-0.2, -0.15) is 31.4 Å². The Labute approximate surface area is 219 Å². The van der Waals surface area contributed by atoms with Crippen molar-refractivity contribution < 1.29 is 36.2 Å². The Morgan fingerprint density at radius 3 is 1.95 bits per heavy atom. The molecule has 0 bridgehead atoms. The van der Waals surface area contributed by atoms with E-state index in [1.165, 1.54) is 35.1 Å². The molecule has 4 rings (SSSR count). The van der Waals surface area contributed by atoms with Gasteiger partial charge in [0.05, 0.1) is 28.1 Å². The number of carboxylic acids is 1. The number of hydrogen-bond acceptors (Lipinski definition) is 3. The van der Waals surface area contributed by atoms with E-state index in [4.69, 9.17) is 5.11 Å². The number of nitrogens with one attached hydrogen (secondary N) is 1. The van der Waals surface area contributed by atoms with Gasteiger partial charge in [-0.05, 0) is 66.1 Å². The van der Waals surface area contributed by atoms with Gasteiger partial charge in [0, 0.05) is 29.6 Å². The molecule has 1 heterocycles. The third-order valence-electron chi connectivity index (χ3n) is 6.09. The second-order valence-electron chi connectivity index (χ2n) is 9.22. The highest BCUT2D eigenvalue weighted by Gasteiger charge is 2.37. The van der Waals surface area contributed by atoms with Gasteiger partial charge < -0.3 is 10.4 Å². The molecule has 5 nitrogen and oxygen atoms in total. The van der Waals surface area contributed by atoms with Crippen LogP contribution in [0.25, 0.3) is 16.9 Å². The van der Waals surface area contributed by atoms with E-state index in [0.717, 1.165) is 5.56 Å². The third kappa shape index (κ3) is 6.42. The fourth-order valence-electron chi connectivity index (χ4n) is 3.95. The fraction of sp³-hybridized carbons (Fsp3) is 0.214. The van der Waals surface area contributed by atoms with Crippen LogP contribution >= 0.6 is 0 Å². The number of aromatic nitrogens is 2. The number of alkyl halides is 6. The molecule has 0 radical (unpaired) electrons. The molecular weight excluding hydrogens is 524 g/mol. The van der Waals surface area contributed by atoms with Crippen LogP contribution in [0.2, 0.25) is 0 Å². The highest BCUT2D eigenvalue weighted by molar-refractivity contribution is 5.87. The van der Waals surface area contributed by atoms with Crippen LogP contribution in [0.15, 0.2) is 72.9 Å². The van der Waals surface area contributed by atoms with Crippen molar-refractivity contribution in [2.75, 3.05) is 5.32 Å². The molecule has 1 aromatic heterocycles. The van der Waals surface area contributed by atoms with E-state index in [9.17, 15) is 31.1 Å². The van der Waals surface area contributed by atoms with Gasteiger partial charge in [0.2, 0.25) is 0 Å². The lowest BCUT2D eigenvalue weighted by molar-refractivity contribution is -0.143. The standard InChI is InChI=1S/C28H23F6N3O2/c1-16(2)17-3-7-23(8-4-17)35-14-20-15-37(24-9-5-18(6-10-24)26(38)39)36-25(20)19-11-21(27(29,30)31)13-22(12-19)28(32,33)34/h3-13,15-16,35H,14H2,1-2H3,(H,38,39). The Kier molecular flexibility index (Phi) is 7.45. The maximum Gasteiger partial charge on any atom is 0.416 e. The molecule has 0 aliphatic rings. The molecule has 0 fully saturated rings. The van der Waals surface area contributed by atoms with E-state index in [2.05, 4.69) is 10.4 Å². The minimum atomic E-state index is -5.01. The van der Waals surface area contributed by atoms with Crippen molar-refractivity contribution in [1.82, 2.24) is 9.78 Å². The molecule has 0 aliphatic heterocycles. The first-order chi connectivity index (χ1) is 18.2.